The molecule has 5 heteroatoms. The molecule has 0 saturated heterocycles. The van der Waals surface area contributed by atoms with Crippen LogP contribution in [0.25, 0.3) is 0 Å². The lowest BCUT2D eigenvalue weighted by Crippen LogP contribution is -2.43. The Morgan fingerprint density at radius 2 is 2.35 bits per heavy atom. The summed E-state index contributed by atoms with van der Waals surface area (Å²) in [6.45, 7) is 9.87. The smallest absolute Gasteiger partial charge is 0.237 e. The Kier molecular flexibility index (Phi) is 5.31. The molecule has 0 fully saturated rings. The van der Waals surface area contributed by atoms with Crippen molar-refractivity contribution < 1.29 is 4.79 Å². The molecule has 0 aliphatic carbocycles. The average molecular weight is 253 g/mol. The number of aryl methyl sites for hydroxylation is 1. The molecule has 0 bridgehead atoms. The van der Waals surface area contributed by atoms with Crippen LogP contribution in [-0.2, 0) is 4.79 Å². The Morgan fingerprint density at radius 1 is 1.65 bits per heavy atom. The van der Waals surface area contributed by atoms with Crippen LogP contribution in [0.5, 0.6) is 0 Å². The van der Waals surface area contributed by atoms with Crippen molar-refractivity contribution in [3.05, 3.63) is 28.7 Å². The Bertz CT molecular complexity index is 389. The molecule has 1 aromatic heterocycles. The van der Waals surface area contributed by atoms with Gasteiger partial charge in [0.2, 0.25) is 5.91 Å². The first kappa shape index (κ1) is 13.9. The van der Waals surface area contributed by atoms with Gasteiger partial charge in [0.15, 0.2) is 0 Å². The second kappa shape index (κ2) is 6.51. The van der Waals surface area contributed by atoms with E-state index < -0.39 is 0 Å². The number of aromatic nitrogens is 1. The molecule has 2 atom stereocenters. The highest BCUT2D eigenvalue weighted by molar-refractivity contribution is 7.09. The summed E-state index contributed by atoms with van der Waals surface area (Å²) in [4.78, 5) is 16.0. The summed E-state index contributed by atoms with van der Waals surface area (Å²) in [5.41, 5.74) is 1.02. The summed E-state index contributed by atoms with van der Waals surface area (Å²) in [6.07, 6.45) is 1.66. The normalized spacial score (nSPS) is 14.1. The molecule has 1 rings (SSSR count). The van der Waals surface area contributed by atoms with Crippen LogP contribution in [0.2, 0.25) is 0 Å². The third-order valence-electron chi connectivity index (χ3n) is 2.32. The fraction of sp³-hybridized carbons (Fsp3) is 0.500. The molecule has 1 heterocycles. The van der Waals surface area contributed by atoms with Gasteiger partial charge in [-0.25, -0.2) is 4.98 Å². The van der Waals surface area contributed by atoms with E-state index in [0.717, 1.165) is 10.7 Å². The van der Waals surface area contributed by atoms with Crippen molar-refractivity contribution in [2.75, 3.05) is 6.54 Å². The highest BCUT2D eigenvalue weighted by Gasteiger charge is 2.17. The maximum atomic E-state index is 11.6. The molecule has 0 saturated carbocycles. The van der Waals surface area contributed by atoms with Gasteiger partial charge in [0.05, 0.1) is 12.1 Å². The minimum Gasteiger partial charge on any atom is -0.351 e. The zero-order valence-electron chi connectivity index (χ0n) is 10.5. The van der Waals surface area contributed by atoms with Crippen LogP contribution < -0.4 is 10.6 Å². The molecule has 17 heavy (non-hydrogen) atoms. The molecule has 0 aliphatic rings. The van der Waals surface area contributed by atoms with Gasteiger partial charge in [-0.1, -0.05) is 6.08 Å². The van der Waals surface area contributed by atoms with Crippen molar-refractivity contribution in [1.82, 2.24) is 15.6 Å². The second-order valence-electron chi connectivity index (χ2n) is 3.97. The highest BCUT2D eigenvalue weighted by Crippen LogP contribution is 2.17. The fourth-order valence-corrected chi connectivity index (χ4v) is 2.23. The number of carbonyl (C=O) groups excluding carboxylic acids is 1. The summed E-state index contributed by atoms with van der Waals surface area (Å²) in [7, 11) is 0. The number of hydrogen-bond acceptors (Lipinski definition) is 4. The van der Waals surface area contributed by atoms with Gasteiger partial charge in [-0.05, 0) is 20.8 Å². The van der Waals surface area contributed by atoms with E-state index in [-0.39, 0.29) is 18.0 Å². The lowest BCUT2D eigenvalue weighted by molar-refractivity contribution is -0.122. The van der Waals surface area contributed by atoms with E-state index in [4.69, 9.17) is 0 Å². The van der Waals surface area contributed by atoms with Crippen molar-refractivity contribution >= 4 is 17.2 Å². The molecule has 0 spiro atoms. The van der Waals surface area contributed by atoms with Crippen molar-refractivity contribution in [2.24, 2.45) is 0 Å². The molecule has 0 aromatic carbocycles. The van der Waals surface area contributed by atoms with Crippen molar-refractivity contribution in [2.45, 2.75) is 32.9 Å². The molecule has 1 aromatic rings. The number of nitrogens with zero attached hydrogens (tertiary/aromatic N) is 1. The lowest BCUT2D eigenvalue weighted by Gasteiger charge is -2.17. The van der Waals surface area contributed by atoms with Gasteiger partial charge < -0.3 is 5.32 Å². The van der Waals surface area contributed by atoms with E-state index in [2.05, 4.69) is 22.2 Å². The van der Waals surface area contributed by atoms with Crippen molar-refractivity contribution in [1.29, 1.82) is 0 Å². The summed E-state index contributed by atoms with van der Waals surface area (Å²) >= 11 is 1.61. The average Bonchev–Trinajstić information content (AvgIpc) is 2.72. The third kappa shape index (κ3) is 4.28. The lowest BCUT2D eigenvalue weighted by atomic mass is 10.2. The Labute approximate surface area is 106 Å². The summed E-state index contributed by atoms with van der Waals surface area (Å²) < 4.78 is 0. The van der Waals surface area contributed by atoms with Crippen LogP contribution in [0.1, 0.15) is 30.6 Å². The Hall–Kier alpha value is -1.20. The minimum atomic E-state index is -0.242. The van der Waals surface area contributed by atoms with Gasteiger partial charge in [0, 0.05) is 17.6 Å². The first-order valence-electron chi connectivity index (χ1n) is 5.61. The number of thiazole rings is 1. The van der Waals surface area contributed by atoms with E-state index in [1.807, 2.05) is 26.2 Å². The Morgan fingerprint density at radius 3 is 2.88 bits per heavy atom. The van der Waals surface area contributed by atoms with Gasteiger partial charge >= 0.3 is 0 Å². The zero-order chi connectivity index (χ0) is 12.8. The standard InChI is InChI=1S/C12H19N3OS/c1-5-6-13-11(16)9(3)15-10(4)12-14-8(2)7-17-12/h5,7,9-10,15H,1,6H2,2-4H3,(H,13,16). The topological polar surface area (TPSA) is 54.0 Å². The predicted octanol–water partition coefficient (Wildman–Crippen LogP) is 1.79. The molecule has 1 amide bonds. The van der Waals surface area contributed by atoms with E-state index in [1.165, 1.54) is 0 Å². The molecular weight excluding hydrogens is 234 g/mol. The van der Waals surface area contributed by atoms with Gasteiger partial charge in [-0.15, -0.1) is 17.9 Å². The maximum Gasteiger partial charge on any atom is 0.237 e. The largest absolute Gasteiger partial charge is 0.351 e. The first-order chi connectivity index (χ1) is 8.04. The number of carbonyl (C=O) groups is 1. The van der Waals surface area contributed by atoms with Crippen LogP contribution in [0.15, 0.2) is 18.0 Å². The summed E-state index contributed by atoms with van der Waals surface area (Å²) in [6, 6.07) is -0.160. The molecule has 2 unspecified atom stereocenters. The Balaban J connectivity index is 2.47. The highest BCUT2D eigenvalue weighted by atomic mass is 32.1. The fourth-order valence-electron chi connectivity index (χ4n) is 1.42. The quantitative estimate of drug-likeness (QED) is 0.760. The van der Waals surface area contributed by atoms with Crippen LogP contribution in [0.3, 0.4) is 0 Å². The molecule has 94 valence electrons. The van der Waals surface area contributed by atoms with Gasteiger partial charge in [-0.3, -0.25) is 10.1 Å². The van der Waals surface area contributed by atoms with Gasteiger partial charge in [-0.2, -0.15) is 0 Å². The van der Waals surface area contributed by atoms with E-state index in [9.17, 15) is 4.79 Å². The zero-order valence-corrected chi connectivity index (χ0v) is 11.3. The molecular formula is C12H19N3OS. The number of hydrogen-bond donors (Lipinski definition) is 2. The summed E-state index contributed by atoms with van der Waals surface area (Å²) in [5.74, 6) is -0.0231. The second-order valence-corrected chi connectivity index (χ2v) is 4.86. The molecule has 0 aliphatic heterocycles. The molecule has 2 N–H and O–H groups in total. The predicted molar refractivity (Wildman–Crippen MR) is 71.1 cm³/mol. The van der Waals surface area contributed by atoms with Crippen LogP contribution in [0, 0.1) is 6.92 Å². The van der Waals surface area contributed by atoms with Crippen molar-refractivity contribution in [3.63, 3.8) is 0 Å². The monoisotopic (exact) mass is 253 g/mol. The van der Waals surface area contributed by atoms with E-state index >= 15 is 0 Å². The minimum absolute atomic E-state index is 0.0231. The number of nitrogens with one attached hydrogen (secondary N) is 2. The molecule has 0 radical (unpaired) electrons. The third-order valence-corrected chi connectivity index (χ3v) is 3.47. The van der Waals surface area contributed by atoms with Crippen LogP contribution in [-0.4, -0.2) is 23.5 Å². The maximum absolute atomic E-state index is 11.6. The van der Waals surface area contributed by atoms with Crippen LogP contribution in [0.4, 0.5) is 0 Å². The first-order valence-corrected chi connectivity index (χ1v) is 6.49. The number of amides is 1. The SMILES string of the molecule is C=CCNC(=O)C(C)NC(C)c1nc(C)cs1. The van der Waals surface area contributed by atoms with Crippen LogP contribution >= 0.6 is 11.3 Å². The van der Waals surface area contributed by atoms with Gasteiger partial charge in [0.1, 0.15) is 5.01 Å². The van der Waals surface area contributed by atoms with Crippen molar-refractivity contribution in [3.8, 4) is 0 Å². The number of rotatable bonds is 6. The van der Waals surface area contributed by atoms with E-state index in [0.29, 0.717) is 6.54 Å². The molecule has 4 nitrogen and oxygen atoms in total. The van der Waals surface area contributed by atoms with Gasteiger partial charge in [0.25, 0.3) is 0 Å². The summed E-state index contributed by atoms with van der Waals surface area (Å²) in [5, 5.41) is 8.99. The van der Waals surface area contributed by atoms with E-state index in [1.54, 1.807) is 17.4 Å².